The summed E-state index contributed by atoms with van der Waals surface area (Å²) in [5.74, 6) is -1.58. The van der Waals surface area contributed by atoms with E-state index in [1.165, 1.54) is 19.4 Å². The molecule has 0 bridgehead atoms. The Balaban J connectivity index is 1.58. The summed E-state index contributed by atoms with van der Waals surface area (Å²) < 4.78 is 12.5. The van der Waals surface area contributed by atoms with Crippen molar-refractivity contribution in [1.82, 2.24) is 5.43 Å². The molecule has 0 aliphatic rings. The highest BCUT2D eigenvalue weighted by atomic mass is 79.9. The second-order valence-electron chi connectivity index (χ2n) is 7.50. The maximum absolute atomic E-state index is 12.3. The van der Waals surface area contributed by atoms with Crippen molar-refractivity contribution in [3.05, 3.63) is 79.7 Å². The van der Waals surface area contributed by atoms with Gasteiger partial charge in [0.25, 0.3) is 5.91 Å². The second kappa shape index (κ2) is 13.2. The van der Waals surface area contributed by atoms with Crippen LogP contribution in [0, 0.1) is 6.92 Å². The van der Waals surface area contributed by atoms with Crippen LogP contribution >= 0.6 is 43.5 Å². The molecular formula is C25H21Br2ClN4O5. The predicted molar refractivity (Wildman–Crippen MR) is 150 cm³/mol. The van der Waals surface area contributed by atoms with Gasteiger partial charge in [0.05, 0.1) is 17.8 Å². The number of benzene rings is 3. The first-order chi connectivity index (χ1) is 17.7. The predicted octanol–water partition coefficient (Wildman–Crippen LogP) is 5.29. The van der Waals surface area contributed by atoms with Crippen molar-refractivity contribution in [2.24, 2.45) is 5.10 Å². The minimum absolute atomic E-state index is 0.255. The molecule has 3 aromatic carbocycles. The summed E-state index contributed by atoms with van der Waals surface area (Å²) in [5.41, 5.74) is 4.69. The van der Waals surface area contributed by atoms with E-state index in [0.29, 0.717) is 37.9 Å². The maximum Gasteiger partial charge on any atom is 0.329 e. The van der Waals surface area contributed by atoms with Gasteiger partial charge in [-0.15, -0.1) is 0 Å². The van der Waals surface area contributed by atoms with Crippen LogP contribution < -0.4 is 25.5 Å². The molecule has 0 aromatic heterocycles. The Hall–Kier alpha value is -3.41. The number of rotatable bonds is 8. The maximum atomic E-state index is 12.3. The molecule has 0 fully saturated rings. The molecule has 3 N–H and O–H groups in total. The summed E-state index contributed by atoms with van der Waals surface area (Å²) in [6.07, 6.45) is 1.32. The number of anilines is 2. The van der Waals surface area contributed by atoms with Crippen molar-refractivity contribution in [2.75, 3.05) is 24.4 Å². The van der Waals surface area contributed by atoms with Crippen molar-refractivity contribution in [3.63, 3.8) is 0 Å². The van der Waals surface area contributed by atoms with Crippen molar-refractivity contribution >= 4 is 78.8 Å². The number of ether oxygens (including phenoxy) is 2. The van der Waals surface area contributed by atoms with Crippen LogP contribution in [0.1, 0.15) is 11.1 Å². The molecule has 37 heavy (non-hydrogen) atoms. The van der Waals surface area contributed by atoms with Gasteiger partial charge in [-0.05, 0) is 82.5 Å². The van der Waals surface area contributed by atoms with Crippen LogP contribution in [0.25, 0.3) is 0 Å². The smallest absolute Gasteiger partial charge is 0.329 e. The minimum Gasteiger partial charge on any atom is -0.493 e. The zero-order chi connectivity index (χ0) is 26.9. The molecule has 0 spiro atoms. The Kier molecular flexibility index (Phi) is 10.1. The Morgan fingerprint density at radius 2 is 1.73 bits per heavy atom. The largest absolute Gasteiger partial charge is 0.493 e. The van der Waals surface area contributed by atoms with Gasteiger partial charge < -0.3 is 20.1 Å². The molecule has 0 unspecified atom stereocenters. The zero-order valence-electron chi connectivity index (χ0n) is 19.6. The Labute approximate surface area is 234 Å². The summed E-state index contributed by atoms with van der Waals surface area (Å²) in [6.45, 7) is 1.67. The quantitative estimate of drug-likeness (QED) is 0.174. The van der Waals surface area contributed by atoms with Crippen molar-refractivity contribution < 1.29 is 23.9 Å². The molecule has 0 aliphatic carbocycles. The van der Waals surface area contributed by atoms with Gasteiger partial charge in [0, 0.05) is 20.9 Å². The number of carbonyl (C=O) groups is 3. The van der Waals surface area contributed by atoms with Crippen LogP contribution in [0.3, 0.4) is 0 Å². The Morgan fingerprint density at radius 1 is 0.973 bits per heavy atom. The summed E-state index contributed by atoms with van der Waals surface area (Å²) in [7, 11) is 1.45. The number of hydrogen-bond acceptors (Lipinski definition) is 6. The lowest BCUT2D eigenvalue weighted by atomic mass is 10.2. The molecule has 0 heterocycles. The van der Waals surface area contributed by atoms with E-state index in [4.69, 9.17) is 21.1 Å². The van der Waals surface area contributed by atoms with Crippen LogP contribution in [0.5, 0.6) is 11.5 Å². The first-order valence-corrected chi connectivity index (χ1v) is 12.6. The fraction of sp³-hybridized carbons (Fsp3) is 0.120. The van der Waals surface area contributed by atoms with Crippen LogP contribution in [-0.4, -0.2) is 37.7 Å². The standard InChI is InChI=1S/C25H21Br2ClN4O5/c1-14-8-18(6-7-19(14)26)30-22(33)13-37-23-20(27)9-15(10-21(23)36-2)12-29-32-25(35)24(34)31-17-5-3-4-16(28)11-17/h3-12H,13H2,1-2H3,(H,30,33)(H,31,34)(H,32,35)/b29-12-. The van der Waals surface area contributed by atoms with Crippen LogP contribution in [0.4, 0.5) is 11.4 Å². The molecule has 9 nitrogen and oxygen atoms in total. The topological polar surface area (TPSA) is 118 Å². The first kappa shape index (κ1) is 28.2. The number of halogens is 3. The average molecular weight is 653 g/mol. The van der Waals surface area contributed by atoms with E-state index in [0.717, 1.165) is 10.0 Å². The highest BCUT2D eigenvalue weighted by Crippen LogP contribution is 2.36. The lowest BCUT2D eigenvalue weighted by Crippen LogP contribution is -2.32. The van der Waals surface area contributed by atoms with E-state index in [1.54, 1.807) is 36.4 Å². The van der Waals surface area contributed by atoms with Crippen LogP contribution in [-0.2, 0) is 14.4 Å². The third-order valence-electron chi connectivity index (χ3n) is 4.71. The number of aryl methyl sites for hydroxylation is 1. The summed E-state index contributed by atoms with van der Waals surface area (Å²) in [6, 6.07) is 15.1. The molecule has 192 valence electrons. The molecule has 3 aromatic rings. The molecule has 0 saturated heterocycles. The number of methoxy groups -OCH3 is 1. The second-order valence-corrected chi connectivity index (χ2v) is 9.64. The lowest BCUT2D eigenvalue weighted by molar-refractivity contribution is -0.136. The highest BCUT2D eigenvalue weighted by molar-refractivity contribution is 9.10. The van der Waals surface area contributed by atoms with Crippen LogP contribution in [0.2, 0.25) is 5.02 Å². The number of carbonyl (C=O) groups excluding carboxylic acids is 3. The number of hydrazone groups is 1. The summed E-state index contributed by atoms with van der Waals surface area (Å²) >= 11 is 12.7. The van der Waals surface area contributed by atoms with E-state index in [1.807, 2.05) is 19.1 Å². The summed E-state index contributed by atoms with van der Waals surface area (Å²) in [5, 5.41) is 9.42. The van der Waals surface area contributed by atoms with Gasteiger partial charge in [0.2, 0.25) is 0 Å². The van der Waals surface area contributed by atoms with Crippen molar-refractivity contribution in [1.29, 1.82) is 0 Å². The van der Waals surface area contributed by atoms with E-state index >= 15 is 0 Å². The molecule has 0 radical (unpaired) electrons. The number of amides is 3. The minimum atomic E-state index is -0.964. The van der Waals surface area contributed by atoms with E-state index in [2.05, 4.69) is 53.0 Å². The van der Waals surface area contributed by atoms with Gasteiger partial charge in [-0.25, -0.2) is 5.43 Å². The van der Waals surface area contributed by atoms with Gasteiger partial charge in [-0.2, -0.15) is 5.10 Å². The lowest BCUT2D eigenvalue weighted by Gasteiger charge is -2.14. The number of nitrogens with one attached hydrogen (secondary N) is 3. The number of nitrogens with zero attached hydrogens (tertiary/aromatic N) is 1. The zero-order valence-corrected chi connectivity index (χ0v) is 23.5. The van der Waals surface area contributed by atoms with Crippen molar-refractivity contribution in [2.45, 2.75) is 6.92 Å². The van der Waals surface area contributed by atoms with Gasteiger partial charge in [-0.1, -0.05) is 33.6 Å². The van der Waals surface area contributed by atoms with Gasteiger partial charge in [0.15, 0.2) is 18.1 Å². The van der Waals surface area contributed by atoms with Gasteiger partial charge in [-0.3, -0.25) is 14.4 Å². The van der Waals surface area contributed by atoms with Gasteiger partial charge in [0.1, 0.15) is 0 Å². The monoisotopic (exact) mass is 650 g/mol. The summed E-state index contributed by atoms with van der Waals surface area (Å²) in [4.78, 5) is 36.4. The third kappa shape index (κ3) is 8.31. The van der Waals surface area contributed by atoms with E-state index < -0.39 is 11.8 Å². The average Bonchev–Trinajstić information content (AvgIpc) is 2.85. The fourth-order valence-electron chi connectivity index (χ4n) is 2.98. The SMILES string of the molecule is COc1cc(/C=N\NC(=O)C(=O)Nc2cccc(Cl)c2)cc(Br)c1OCC(=O)Nc1ccc(Br)c(C)c1. The molecule has 0 aliphatic heterocycles. The number of hydrogen-bond donors (Lipinski definition) is 3. The Bertz CT molecular complexity index is 1370. The Morgan fingerprint density at radius 3 is 2.43 bits per heavy atom. The molecule has 0 atom stereocenters. The molecule has 12 heteroatoms. The fourth-order valence-corrected chi connectivity index (χ4v) is 3.99. The molecular weight excluding hydrogens is 632 g/mol. The van der Waals surface area contributed by atoms with Crippen molar-refractivity contribution in [3.8, 4) is 11.5 Å². The molecule has 3 amide bonds. The molecule has 0 saturated carbocycles. The third-order valence-corrected chi connectivity index (χ3v) is 6.42. The first-order valence-electron chi connectivity index (χ1n) is 10.6. The highest BCUT2D eigenvalue weighted by Gasteiger charge is 2.15. The van der Waals surface area contributed by atoms with E-state index in [9.17, 15) is 14.4 Å². The van der Waals surface area contributed by atoms with Crippen LogP contribution in [0.15, 0.2) is 68.6 Å². The van der Waals surface area contributed by atoms with E-state index in [-0.39, 0.29) is 12.5 Å². The normalized spacial score (nSPS) is 10.6. The molecule has 3 rings (SSSR count). The van der Waals surface area contributed by atoms with Gasteiger partial charge >= 0.3 is 11.8 Å².